The van der Waals surface area contributed by atoms with Gasteiger partial charge >= 0.3 is 0 Å². The zero-order valence-electron chi connectivity index (χ0n) is 16.8. The smallest absolute Gasteiger partial charge is 0.280 e. The molecule has 154 valence electrons. The lowest BCUT2D eigenvalue weighted by Crippen LogP contribution is -2.46. The van der Waals surface area contributed by atoms with E-state index in [0.29, 0.717) is 5.69 Å². The van der Waals surface area contributed by atoms with Crippen molar-refractivity contribution in [2.45, 2.75) is 44.7 Å². The predicted molar refractivity (Wildman–Crippen MR) is 117 cm³/mol. The minimum atomic E-state index is -0.803. The SMILES string of the molecule is Cc1ccc(C(C(=O)NC2CCCC2)N(C(=O)c2csnn2)c2ccccc2)cc1. The van der Waals surface area contributed by atoms with Crippen LogP contribution in [0.25, 0.3) is 0 Å². The zero-order chi connectivity index (χ0) is 20.9. The van der Waals surface area contributed by atoms with E-state index >= 15 is 0 Å². The van der Waals surface area contributed by atoms with Gasteiger partial charge in [0, 0.05) is 17.1 Å². The number of aromatic nitrogens is 2. The van der Waals surface area contributed by atoms with E-state index in [0.717, 1.165) is 48.3 Å². The third-order valence-corrected chi connectivity index (χ3v) is 5.94. The van der Waals surface area contributed by atoms with Crippen molar-refractivity contribution in [3.63, 3.8) is 0 Å². The van der Waals surface area contributed by atoms with Crippen molar-refractivity contribution in [1.29, 1.82) is 0 Å². The van der Waals surface area contributed by atoms with E-state index in [4.69, 9.17) is 0 Å². The van der Waals surface area contributed by atoms with Crippen LogP contribution in [0.15, 0.2) is 60.0 Å². The summed E-state index contributed by atoms with van der Waals surface area (Å²) in [4.78, 5) is 28.5. The summed E-state index contributed by atoms with van der Waals surface area (Å²) in [5, 5.41) is 8.75. The monoisotopic (exact) mass is 420 g/mol. The molecule has 1 aliphatic carbocycles. The number of benzene rings is 2. The second kappa shape index (κ2) is 9.17. The third kappa shape index (κ3) is 4.41. The number of carbonyl (C=O) groups is 2. The van der Waals surface area contributed by atoms with Crippen LogP contribution in [0.1, 0.15) is 53.3 Å². The van der Waals surface area contributed by atoms with Crippen LogP contribution in [0.2, 0.25) is 0 Å². The van der Waals surface area contributed by atoms with Gasteiger partial charge in [-0.25, -0.2) is 0 Å². The summed E-state index contributed by atoms with van der Waals surface area (Å²) >= 11 is 1.12. The molecule has 0 radical (unpaired) electrons. The highest BCUT2D eigenvalue weighted by atomic mass is 32.1. The molecule has 1 aliphatic rings. The maximum Gasteiger partial charge on any atom is 0.280 e. The van der Waals surface area contributed by atoms with Crippen LogP contribution < -0.4 is 10.2 Å². The predicted octanol–water partition coefficient (Wildman–Crippen LogP) is 4.29. The van der Waals surface area contributed by atoms with Crippen molar-refractivity contribution >= 4 is 29.0 Å². The number of aryl methyl sites for hydroxylation is 1. The number of hydrogen-bond donors (Lipinski definition) is 1. The Hall–Kier alpha value is -3.06. The first kappa shape index (κ1) is 20.2. The molecule has 2 amide bonds. The van der Waals surface area contributed by atoms with Crippen LogP contribution in [0.5, 0.6) is 0 Å². The number of anilines is 1. The Morgan fingerprint density at radius 1 is 1.07 bits per heavy atom. The van der Waals surface area contributed by atoms with Gasteiger partial charge in [-0.15, -0.1) is 5.10 Å². The minimum Gasteiger partial charge on any atom is -0.351 e. The molecule has 6 nitrogen and oxygen atoms in total. The van der Waals surface area contributed by atoms with E-state index in [1.54, 1.807) is 5.38 Å². The summed E-state index contributed by atoms with van der Waals surface area (Å²) in [5.41, 5.74) is 2.73. The standard InChI is InChI=1S/C23H24N4O2S/c1-16-11-13-17(14-12-16)21(22(28)24-18-7-5-6-8-18)27(19-9-3-2-4-10-19)23(29)20-15-30-26-25-20/h2-4,9-15,18,21H,5-8H2,1H3,(H,24,28). The number of para-hydroxylation sites is 1. The van der Waals surface area contributed by atoms with Crippen LogP contribution in [-0.2, 0) is 4.79 Å². The van der Waals surface area contributed by atoms with E-state index in [1.807, 2.05) is 61.5 Å². The topological polar surface area (TPSA) is 75.2 Å². The highest BCUT2D eigenvalue weighted by Gasteiger charge is 2.35. The zero-order valence-corrected chi connectivity index (χ0v) is 17.6. The van der Waals surface area contributed by atoms with Gasteiger partial charge in [0.05, 0.1) is 0 Å². The Kier molecular flexibility index (Phi) is 6.18. The third-order valence-electron chi connectivity index (χ3n) is 5.43. The number of rotatable bonds is 6. The summed E-state index contributed by atoms with van der Waals surface area (Å²) in [7, 11) is 0. The lowest BCUT2D eigenvalue weighted by Gasteiger charge is -2.32. The quantitative estimate of drug-likeness (QED) is 0.645. The Morgan fingerprint density at radius 3 is 2.40 bits per heavy atom. The lowest BCUT2D eigenvalue weighted by atomic mass is 10.0. The van der Waals surface area contributed by atoms with Gasteiger partial charge in [0.2, 0.25) is 5.91 Å². The number of hydrogen-bond acceptors (Lipinski definition) is 5. The normalized spacial score (nSPS) is 15.0. The number of carbonyl (C=O) groups excluding carboxylic acids is 2. The Balaban J connectivity index is 1.78. The minimum absolute atomic E-state index is 0.152. The molecule has 30 heavy (non-hydrogen) atoms. The second-order valence-corrected chi connectivity index (χ2v) is 8.21. The lowest BCUT2D eigenvalue weighted by molar-refractivity contribution is -0.123. The average Bonchev–Trinajstić information content (AvgIpc) is 3.47. The van der Waals surface area contributed by atoms with Gasteiger partial charge in [0.1, 0.15) is 6.04 Å². The van der Waals surface area contributed by atoms with E-state index < -0.39 is 6.04 Å². The van der Waals surface area contributed by atoms with E-state index in [-0.39, 0.29) is 23.6 Å². The molecule has 1 heterocycles. The second-order valence-electron chi connectivity index (χ2n) is 7.60. The van der Waals surface area contributed by atoms with Gasteiger partial charge in [0.25, 0.3) is 5.91 Å². The molecule has 1 atom stereocenters. The molecule has 0 bridgehead atoms. The van der Waals surface area contributed by atoms with E-state index in [2.05, 4.69) is 14.9 Å². The van der Waals surface area contributed by atoms with Crippen LogP contribution in [0, 0.1) is 6.92 Å². The molecule has 1 aromatic heterocycles. The van der Waals surface area contributed by atoms with Crippen LogP contribution in [0.3, 0.4) is 0 Å². The molecule has 0 aliphatic heterocycles. The average molecular weight is 421 g/mol. The van der Waals surface area contributed by atoms with Crippen LogP contribution >= 0.6 is 11.5 Å². The summed E-state index contributed by atoms with van der Waals surface area (Å²) in [6.45, 7) is 2.00. The molecule has 1 saturated carbocycles. The van der Waals surface area contributed by atoms with E-state index in [9.17, 15) is 9.59 Å². The molecule has 1 unspecified atom stereocenters. The molecular formula is C23H24N4O2S. The molecule has 0 saturated heterocycles. The maximum absolute atomic E-state index is 13.5. The fourth-order valence-corrected chi connectivity index (χ4v) is 4.30. The molecule has 3 aromatic rings. The first-order valence-corrected chi connectivity index (χ1v) is 11.0. The van der Waals surface area contributed by atoms with Gasteiger partial charge in [-0.05, 0) is 49.0 Å². The first-order valence-electron chi connectivity index (χ1n) is 10.2. The summed E-state index contributed by atoms with van der Waals surface area (Å²) in [5.74, 6) is -0.520. The fraction of sp³-hybridized carbons (Fsp3) is 0.304. The first-order chi connectivity index (χ1) is 14.6. The molecule has 1 fully saturated rings. The summed E-state index contributed by atoms with van der Waals surface area (Å²) in [6.07, 6.45) is 4.18. The van der Waals surface area contributed by atoms with E-state index in [1.165, 1.54) is 4.90 Å². The molecule has 7 heteroatoms. The highest BCUT2D eigenvalue weighted by Crippen LogP contribution is 2.30. The van der Waals surface area contributed by atoms with Gasteiger partial charge in [-0.3, -0.25) is 14.5 Å². The van der Waals surface area contributed by atoms with Crippen LogP contribution in [-0.4, -0.2) is 27.4 Å². The molecule has 0 spiro atoms. The van der Waals surface area contributed by atoms with Crippen LogP contribution in [0.4, 0.5) is 5.69 Å². The highest BCUT2D eigenvalue weighted by molar-refractivity contribution is 7.03. The Bertz CT molecular complexity index is 984. The van der Waals surface area contributed by atoms with Gasteiger partial charge in [0.15, 0.2) is 5.69 Å². The molecule has 4 rings (SSSR count). The Morgan fingerprint density at radius 2 is 1.77 bits per heavy atom. The van der Waals surface area contributed by atoms with Crippen molar-refractivity contribution in [3.8, 4) is 0 Å². The number of nitrogens with one attached hydrogen (secondary N) is 1. The van der Waals surface area contributed by atoms with Crippen molar-refractivity contribution < 1.29 is 9.59 Å². The van der Waals surface area contributed by atoms with Crippen molar-refractivity contribution in [3.05, 3.63) is 76.8 Å². The Labute approximate surface area is 180 Å². The number of amides is 2. The molecular weight excluding hydrogens is 396 g/mol. The summed E-state index contributed by atoms with van der Waals surface area (Å²) < 4.78 is 3.83. The molecule has 2 aromatic carbocycles. The van der Waals surface area contributed by atoms with Gasteiger partial charge in [-0.2, -0.15) is 0 Å². The fourth-order valence-electron chi connectivity index (χ4n) is 3.87. The van der Waals surface area contributed by atoms with Crippen molar-refractivity contribution in [2.75, 3.05) is 4.90 Å². The molecule has 1 N–H and O–H groups in total. The van der Waals surface area contributed by atoms with Gasteiger partial charge < -0.3 is 5.32 Å². The number of nitrogens with zero attached hydrogens (tertiary/aromatic N) is 3. The van der Waals surface area contributed by atoms with Gasteiger partial charge in [-0.1, -0.05) is 65.4 Å². The maximum atomic E-state index is 13.5. The largest absolute Gasteiger partial charge is 0.351 e. The van der Waals surface area contributed by atoms with Crippen molar-refractivity contribution in [2.24, 2.45) is 0 Å². The summed E-state index contributed by atoms with van der Waals surface area (Å²) in [6, 6.07) is 16.4. The van der Waals surface area contributed by atoms with Crippen molar-refractivity contribution in [1.82, 2.24) is 14.9 Å².